The zero-order valence-corrected chi connectivity index (χ0v) is 11.4. The van der Waals surface area contributed by atoms with Gasteiger partial charge < -0.3 is 5.32 Å². The lowest BCUT2D eigenvalue weighted by Gasteiger charge is -2.14. The van der Waals surface area contributed by atoms with Crippen LogP contribution in [0, 0.1) is 0 Å². The summed E-state index contributed by atoms with van der Waals surface area (Å²) < 4.78 is 2.00. The van der Waals surface area contributed by atoms with E-state index in [0.717, 1.165) is 12.8 Å². The van der Waals surface area contributed by atoms with E-state index in [1.54, 1.807) is 11.3 Å². The minimum atomic E-state index is 0.376. The van der Waals surface area contributed by atoms with E-state index in [0.29, 0.717) is 6.04 Å². The Balaban J connectivity index is 2.15. The van der Waals surface area contributed by atoms with E-state index < -0.39 is 0 Å². The minimum absolute atomic E-state index is 0.376. The van der Waals surface area contributed by atoms with Crippen molar-refractivity contribution in [1.82, 2.24) is 15.1 Å². The fourth-order valence-corrected chi connectivity index (χ4v) is 2.72. The summed E-state index contributed by atoms with van der Waals surface area (Å²) in [7, 11) is 4.04. The molecule has 1 N–H and O–H groups in total. The molecule has 0 bridgehead atoms. The van der Waals surface area contributed by atoms with Crippen LogP contribution in [0.2, 0.25) is 0 Å². The van der Waals surface area contributed by atoms with Crippen molar-refractivity contribution in [2.45, 2.75) is 25.8 Å². The summed E-state index contributed by atoms with van der Waals surface area (Å²) in [5.41, 5.74) is 3.81. The van der Waals surface area contributed by atoms with Gasteiger partial charge >= 0.3 is 0 Å². The Labute approximate surface area is 106 Å². The van der Waals surface area contributed by atoms with Crippen molar-refractivity contribution in [1.29, 1.82) is 0 Å². The predicted molar refractivity (Wildman–Crippen MR) is 72.4 cm³/mol. The quantitative estimate of drug-likeness (QED) is 0.882. The first-order chi connectivity index (χ1) is 8.24. The Morgan fingerprint density at radius 1 is 1.53 bits per heavy atom. The van der Waals surface area contributed by atoms with E-state index in [1.165, 1.54) is 17.0 Å². The lowest BCUT2D eigenvalue weighted by atomic mass is 10.1. The van der Waals surface area contributed by atoms with Crippen molar-refractivity contribution < 1.29 is 0 Å². The fourth-order valence-electron chi connectivity index (χ4n) is 2.00. The Morgan fingerprint density at radius 2 is 2.35 bits per heavy atom. The topological polar surface area (TPSA) is 29.9 Å². The van der Waals surface area contributed by atoms with Crippen LogP contribution >= 0.6 is 11.3 Å². The highest BCUT2D eigenvalue weighted by atomic mass is 32.1. The summed E-state index contributed by atoms with van der Waals surface area (Å²) in [6.07, 6.45) is 1.98. The smallest absolute Gasteiger partial charge is 0.0624 e. The van der Waals surface area contributed by atoms with Crippen LogP contribution in [0.1, 0.15) is 29.9 Å². The first-order valence-electron chi connectivity index (χ1n) is 5.95. The van der Waals surface area contributed by atoms with Gasteiger partial charge in [0.25, 0.3) is 0 Å². The SMILES string of the molecule is CCc1cc(CC(NC)c2ccsc2)n(C)n1. The van der Waals surface area contributed by atoms with Crippen LogP contribution in [-0.2, 0) is 19.9 Å². The van der Waals surface area contributed by atoms with Crippen LogP contribution < -0.4 is 5.32 Å². The molecule has 2 aromatic rings. The molecule has 0 radical (unpaired) electrons. The van der Waals surface area contributed by atoms with E-state index in [4.69, 9.17) is 0 Å². The maximum absolute atomic E-state index is 4.49. The third kappa shape index (κ3) is 2.76. The Morgan fingerprint density at radius 3 is 2.88 bits per heavy atom. The van der Waals surface area contributed by atoms with Gasteiger partial charge in [-0.1, -0.05) is 6.92 Å². The lowest BCUT2D eigenvalue weighted by molar-refractivity contribution is 0.562. The molecule has 0 spiro atoms. The van der Waals surface area contributed by atoms with Gasteiger partial charge in [-0.3, -0.25) is 4.68 Å². The maximum Gasteiger partial charge on any atom is 0.0624 e. The number of likely N-dealkylation sites (N-methyl/N-ethyl adjacent to an activating group) is 1. The zero-order valence-electron chi connectivity index (χ0n) is 10.6. The van der Waals surface area contributed by atoms with Crippen molar-refractivity contribution in [3.05, 3.63) is 39.8 Å². The second-order valence-corrected chi connectivity index (χ2v) is 4.99. The summed E-state index contributed by atoms with van der Waals surface area (Å²) in [6, 6.07) is 4.76. The molecule has 0 saturated heterocycles. The molecule has 1 atom stereocenters. The zero-order chi connectivity index (χ0) is 12.3. The second kappa shape index (κ2) is 5.47. The normalized spacial score (nSPS) is 12.9. The largest absolute Gasteiger partial charge is 0.313 e. The molecule has 0 aromatic carbocycles. The molecule has 2 heterocycles. The van der Waals surface area contributed by atoms with Gasteiger partial charge in [0.05, 0.1) is 5.69 Å². The molecule has 17 heavy (non-hydrogen) atoms. The molecular weight excluding hydrogens is 230 g/mol. The first-order valence-corrected chi connectivity index (χ1v) is 6.90. The van der Waals surface area contributed by atoms with E-state index in [2.05, 4.69) is 40.2 Å². The van der Waals surface area contributed by atoms with Crippen LogP contribution in [0.15, 0.2) is 22.9 Å². The average molecular weight is 249 g/mol. The third-order valence-corrected chi connectivity index (χ3v) is 3.80. The van der Waals surface area contributed by atoms with Crippen LogP contribution in [0.3, 0.4) is 0 Å². The summed E-state index contributed by atoms with van der Waals surface area (Å²) in [5, 5.41) is 12.2. The predicted octanol–water partition coefficient (Wildman–Crippen LogP) is 2.55. The summed E-state index contributed by atoms with van der Waals surface area (Å²) in [4.78, 5) is 0. The average Bonchev–Trinajstić information content (AvgIpc) is 2.96. The van der Waals surface area contributed by atoms with Crippen LogP contribution in [0.25, 0.3) is 0 Å². The van der Waals surface area contributed by atoms with Gasteiger partial charge in [0.2, 0.25) is 0 Å². The highest BCUT2D eigenvalue weighted by Gasteiger charge is 2.13. The van der Waals surface area contributed by atoms with E-state index in [9.17, 15) is 0 Å². The number of hydrogen-bond acceptors (Lipinski definition) is 3. The van der Waals surface area contributed by atoms with Crippen molar-refractivity contribution in [2.24, 2.45) is 7.05 Å². The number of thiophene rings is 1. The number of nitrogens with zero attached hydrogens (tertiary/aromatic N) is 2. The third-order valence-electron chi connectivity index (χ3n) is 3.10. The van der Waals surface area contributed by atoms with Gasteiger partial charge in [-0.05, 0) is 41.9 Å². The fraction of sp³-hybridized carbons (Fsp3) is 0.462. The van der Waals surface area contributed by atoms with Gasteiger partial charge in [0.1, 0.15) is 0 Å². The number of nitrogens with one attached hydrogen (secondary N) is 1. The summed E-state index contributed by atoms with van der Waals surface area (Å²) >= 11 is 1.75. The molecule has 92 valence electrons. The number of rotatable bonds is 5. The van der Waals surface area contributed by atoms with Gasteiger partial charge in [-0.2, -0.15) is 16.4 Å². The second-order valence-electron chi connectivity index (χ2n) is 4.21. The van der Waals surface area contributed by atoms with E-state index >= 15 is 0 Å². The lowest BCUT2D eigenvalue weighted by Crippen LogP contribution is -2.19. The van der Waals surface area contributed by atoms with Crippen molar-refractivity contribution in [3.63, 3.8) is 0 Å². The molecular formula is C13H19N3S. The van der Waals surface area contributed by atoms with Crippen molar-refractivity contribution in [2.75, 3.05) is 7.05 Å². The molecule has 2 rings (SSSR count). The van der Waals surface area contributed by atoms with Crippen molar-refractivity contribution in [3.8, 4) is 0 Å². The molecule has 1 unspecified atom stereocenters. The van der Waals surface area contributed by atoms with Crippen LogP contribution in [0.5, 0.6) is 0 Å². The number of aryl methyl sites for hydroxylation is 2. The van der Waals surface area contributed by atoms with Crippen LogP contribution in [0.4, 0.5) is 0 Å². The van der Waals surface area contributed by atoms with Crippen molar-refractivity contribution >= 4 is 11.3 Å². The van der Waals surface area contributed by atoms with E-state index in [-0.39, 0.29) is 0 Å². The standard InChI is InChI=1S/C13H19N3S/c1-4-11-7-12(16(3)15-11)8-13(14-2)10-5-6-17-9-10/h5-7,9,13-14H,4,8H2,1-3H3. The number of aromatic nitrogens is 2. The minimum Gasteiger partial charge on any atom is -0.313 e. The van der Waals surface area contributed by atoms with Gasteiger partial charge in [0.15, 0.2) is 0 Å². The molecule has 3 nitrogen and oxygen atoms in total. The molecule has 0 fully saturated rings. The molecule has 0 aliphatic carbocycles. The van der Waals surface area contributed by atoms with Gasteiger partial charge in [-0.15, -0.1) is 0 Å². The molecule has 4 heteroatoms. The number of hydrogen-bond donors (Lipinski definition) is 1. The first kappa shape index (κ1) is 12.3. The highest BCUT2D eigenvalue weighted by Crippen LogP contribution is 2.20. The van der Waals surface area contributed by atoms with E-state index in [1.807, 2.05) is 18.8 Å². The Hall–Kier alpha value is -1.13. The monoisotopic (exact) mass is 249 g/mol. The summed E-state index contributed by atoms with van der Waals surface area (Å²) in [5.74, 6) is 0. The molecule has 0 aliphatic heterocycles. The van der Waals surface area contributed by atoms with Crippen LogP contribution in [-0.4, -0.2) is 16.8 Å². The Kier molecular flexibility index (Phi) is 3.97. The maximum atomic E-state index is 4.49. The molecule has 2 aromatic heterocycles. The highest BCUT2D eigenvalue weighted by molar-refractivity contribution is 7.07. The summed E-state index contributed by atoms with van der Waals surface area (Å²) in [6.45, 7) is 2.14. The van der Waals surface area contributed by atoms with Gasteiger partial charge in [0, 0.05) is 25.2 Å². The molecule has 0 aliphatic rings. The molecule has 0 amide bonds. The Bertz CT molecular complexity index is 459. The molecule has 0 saturated carbocycles. The van der Waals surface area contributed by atoms with Gasteiger partial charge in [-0.25, -0.2) is 0 Å².